The molecule has 7 heteroatoms. The highest BCUT2D eigenvalue weighted by Crippen LogP contribution is 2.44. The first-order valence-electron chi connectivity index (χ1n) is 10.5. The van der Waals surface area contributed by atoms with Crippen LogP contribution in [0.25, 0.3) is 0 Å². The van der Waals surface area contributed by atoms with Crippen molar-refractivity contribution in [2.45, 2.75) is 64.0 Å². The molecule has 2 bridgehead atoms. The number of amides is 1. The van der Waals surface area contributed by atoms with Gasteiger partial charge in [0.2, 0.25) is 5.91 Å². The number of carbonyl (C=O) groups is 1. The first-order chi connectivity index (χ1) is 13.2. The van der Waals surface area contributed by atoms with Crippen molar-refractivity contribution in [2.75, 3.05) is 19.6 Å². The lowest BCUT2D eigenvalue weighted by atomic mass is 9.95. The van der Waals surface area contributed by atoms with Crippen molar-refractivity contribution < 1.29 is 9.21 Å². The quantitative estimate of drug-likeness (QED) is 0.370. The van der Waals surface area contributed by atoms with Crippen molar-refractivity contribution >= 4 is 35.8 Å². The van der Waals surface area contributed by atoms with Gasteiger partial charge in [0.25, 0.3) is 0 Å². The average molecular weight is 500 g/mol. The number of rotatable bonds is 5. The first-order valence-corrected chi connectivity index (χ1v) is 10.5. The first kappa shape index (κ1) is 21.5. The maximum absolute atomic E-state index is 11.5. The molecule has 2 saturated carbocycles. The van der Waals surface area contributed by atoms with Gasteiger partial charge in [-0.25, -0.2) is 0 Å². The third-order valence-corrected chi connectivity index (χ3v) is 6.55. The Morgan fingerprint density at radius 3 is 2.64 bits per heavy atom. The molecule has 3 atom stereocenters. The summed E-state index contributed by atoms with van der Waals surface area (Å²) in [4.78, 5) is 18.3. The van der Waals surface area contributed by atoms with E-state index < -0.39 is 0 Å². The molecule has 1 amide bonds. The number of guanidine groups is 1. The van der Waals surface area contributed by atoms with Crippen molar-refractivity contribution in [3.8, 4) is 0 Å². The molecule has 2 aliphatic carbocycles. The summed E-state index contributed by atoms with van der Waals surface area (Å²) in [6.07, 6.45) is 9.93. The maximum atomic E-state index is 11.5. The minimum absolute atomic E-state index is 0. The third-order valence-electron chi connectivity index (χ3n) is 6.55. The van der Waals surface area contributed by atoms with Gasteiger partial charge in [-0.15, -0.1) is 24.0 Å². The van der Waals surface area contributed by atoms with E-state index in [0.717, 1.165) is 62.5 Å². The molecule has 3 unspecified atom stereocenters. The molecule has 6 nitrogen and oxygen atoms in total. The van der Waals surface area contributed by atoms with Crippen LogP contribution >= 0.6 is 24.0 Å². The number of hydrogen-bond donors (Lipinski definition) is 2. The van der Waals surface area contributed by atoms with Gasteiger partial charge in [-0.1, -0.05) is 6.42 Å². The van der Waals surface area contributed by atoms with Gasteiger partial charge >= 0.3 is 0 Å². The zero-order valence-electron chi connectivity index (χ0n) is 16.7. The Balaban J connectivity index is 0.00000225. The van der Waals surface area contributed by atoms with Crippen molar-refractivity contribution in [3.05, 3.63) is 24.2 Å². The van der Waals surface area contributed by atoms with E-state index in [4.69, 9.17) is 9.41 Å². The van der Waals surface area contributed by atoms with Gasteiger partial charge in [0.05, 0.1) is 6.26 Å². The number of carbonyl (C=O) groups excluding carboxylic acids is 1. The summed E-state index contributed by atoms with van der Waals surface area (Å²) in [6, 6.07) is 4.88. The van der Waals surface area contributed by atoms with Gasteiger partial charge in [0, 0.05) is 45.1 Å². The molecule has 4 rings (SSSR count). The van der Waals surface area contributed by atoms with Crippen LogP contribution in [-0.2, 0) is 11.2 Å². The number of furan rings is 1. The largest absolute Gasteiger partial charge is 0.469 e. The fraction of sp³-hybridized carbons (Fsp3) is 0.714. The highest BCUT2D eigenvalue weighted by Gasteiger charge is 2.40. The highest BCUT2D eigenvalue weighted by molar-refractivity contribution is 14.0. The van der Waals surface area contributed by atoms with Gasteiger partial charge in [-0.05, 0) is 56.1 Å². The van der Waals surface area contributed by atoms with E-state index in [-0.39, 0.29) is 29.9 Å². The second kappa shape index (κ2) is 9.98. The van der Waals surface area contributed by atoms with Gasteiger partial charge in [0.1, 0.15) is 5.76 Å². The van der Waals surface area contributed by atoms with Gasteiger partial charge < -0.3 is 20.0 Å². The maximum Gasteiger partial charge on any atom is 0.219 e. The van der Waals surface area contributed by atoms with Crippen LogP contribution in [0.2, 0.25) is 0 Å². The molecule has 3 aliphatic rings. The number of hydrogen-bond acceptors (Lipinski definition) is 3. The molecule has 1 aromatic heterocycles. The number of piperidine rings is 1. The van der Waals surface area contributed by atoms with Gasteiger partial charge in [-0.2, -0.15) is 0 Å². The Morgan fingerprint density at radius 2 is 2.04 bits per heavy atom. The molecule has 1 aliphatic heterocycles. The summed E-state index contributed by atoms with van der Waals surface area (Å²) in [5.41, 5.74) is 0. The van der Waals surface area contributed by atoms with E-state index in [9.17, 15) is 4.79 Å². The van der Waals surface area contributed by atoms with E-state index in [0.29, 0.717) is 12.1 Å². The molecular weight excluding hydrogens is 467 g/mol. The van der Waals surface area contributed by atoms with Crippen LogP contribution in [0, 0.1) is 11.8 Å². The summed E-state index contributed by atoms with van der Waals surface area (Å²) in [6.45, 7) is 4.05. The average Bonchev–Trinajstić information content (AvgIpc) is 3.40. The number of nitrogens with one attached hydrogen (secondary N) is 2. The lowest BCUT2D eigenvalue weighted by molar-refractivity contribution is -0.129. The Kier molecular flexibility index (Phi) is 7.65. The van der Waals surface area contributed by atoms with Crippen molar-refractivity contribution in [2.24, 2.45) is 16.8 Å². The molecule has 28 heavy (non-hydrogen) atoms. The summed E-state index contributed by atoms with van der Waals surface area (Å²) in [5.74, 6) is 3.83. The number of fused-ring (bicyclic) bond motifs is 2. The normalized spacial score (nSPS) is 27.5. The lowest BCUT2D eigenvalue weighted by Gasteiger charge is -2.33. The van der Waals surface area contributed by atoms with E-state index in [1.165, 1.54) is 25.7 Å². The monoisotopic (exact) mass is 500 g/mol. The third kappa shape index (κ3) is 5.42. The van der Waals surface area contributed by atoms with E-state index >= 15 is 0 Å². The van der Waals surface area contributed by atoms with Crippen LogP contribution in [0.5, 0.6) is 0 Å². The van der Waals surface area contributed by atoms with Crippen LogP contribution in [0.1, 0.15) is 51.2 Å². The molecule has 0 spiro atoms. The zero-order chi connectivity index (χ0) is 18.6. The Hall–Kier alpha value is -1.25. The van der Waals surface area contributed by atoms with Crippen LogP contribution in [0.4, 0.5) is 0 Å². The standard InChI is InChI=1S/C21H32N4O2.HI/c1-15(26)25-10-7-18(8-11-25)23-21(22-9-6-19-3-2-12-27-19)24-20-14-16-4-5-17(20)13-16;/h2-3,12,16-18,20H,4-11,13-14H2,1H3,(H2,22,23,24);1H. The van der Waals surface area contributed by atoms with E-state index in [1.807, 2.05) is 17.0 Å². The molecule has 1 aromatic rings. The van der Waals surface area contributed by atoms with E-state index in [1.54, 1.807) is 13.2 Å². The zero-order valence-corrected chi connectivity index (χ0v) is 19.1. The molecule has 1 saturated heterocycles. The van der Waals surface area contributed by atoms with Crippen LogP contribution in [0.3, 0.4) is 0 Å². The minimum atomic E-state index is 0. The smallest absolute Gasteiger partial charge is 0.219 e. The fourth-order valence-electron chi connectivity index (χ4n) is 4.99. The minimum Gasteiger partial charge on any atom is -0.469 e. The SMILES string of the molecule is CC(=O)N1CCC(NC(=NCCc2ccco2)NC2CC3CCC2C3)CC1.I. The predicted octanol–water partition coefficient (Wildman–Crippen LogP) is 3.17. The van der Waals surface area contributed by atoms with Crippen molar-refractivity contribution in [3.63, 3.8) is 0 Å². The summed E-state index contributed by atoms with van der Waals surface area (Å²) < 4.78 is 5.43. The topological polar surface area (TPSA) is 69.9 Å². The molecule has 2 heterocycles. The Bertz CT molecular complexity index is 655. The van der Waals surface area contributed by atoms with E-state index in [2.05, 4.69) is 10.6 Å². The lowest BCUT2D eigenvalue weighted by Crippen LogP contribution is -2.52. The summed E-state index contributed by atoms with van der Waals surface area (Å²) in [7, 11) is 0. The molecule has 0 aromatic carbocycles. The number of nitrogens with zero attached hydrogens (tertiary/aromatic N) is 2. The fourth-order valence-corrected chi connectivity index (χ4v) is 4.99. The second-order valence-corrected chi connectivity index (χ2v) is 8.41. The summed E-state index contributed by atoms with van der Waals surface area (Å²) in [5, 5.41) is 7.39. The predicted molar refractivity (Wildman–Crippen MR) is 121 cm³/mol. The van der Waals surface area contributed by atoms with Gasteiger partial charge in [-0.3, -0.25) is 9.79 Å². The van der Waals surface area contributed by atoms with Crippen LogP contribution in [-0.4, -0.2) is 48.5 Å². The highest BCUT2D eigenvalue weighted by atomic mass is 127. The molecule has 2 N–H and O–H groups in total. The summed E-state index contributed by atoms with van der Waals surface area (Å²) >= 11 is 0. The molecule has 156 valence electrons. The van der Waals surface area contributed by atoms with Crippen LogP contribution in [0.15, 0.2) is 27.8 Å². The van der Waals surface area contributed by atoms with Crippen LogP contribution < -0.4 is 10.6 Å². The molecular formula is C21H33IN4O2. The van der Waals surface area contributed by atoms with Crippen molar-refractivity contribution in [1.82, 2.24) is 15.5 Å². The number of halogens is 1. The Labute approximate surface area is 184 Å². The molecule has 3 fully saturated rings. The number of aliphatic imine (C=N–C) groups is 1. The van der Waals surface area contributed by atoms with Crippen molar-refractivity contribution in [1.29, 1.82) is 0 Å². The second-order valence-electron chi connectivity index (χ2n) is 8.41. The molecule has 0 radical (unpaired) electrons. The number of likely N-dealkylation sites (tertiary alicyclic amines) is 1. The van der Waals surface area contributed by atoms with Gasteiger partial charge in [0.15, 0.2) is 5.96 Å². The Morgan fingerprint density at radius 1 is 1.21 bits per heavy atom.